The van der Waals surface area contributed by atoms with Crippen LogP contribution in [0.1, 0.15) is 33.6 Å². The fraction of sp³-hybridized carbons (Fsp3) is 1.00. The number of nitrogens with zero attached hydrogens (tertiary/aromatic N) is 2. The number of piperidine rings is 1. The minimum absolute atomic E-state index is 0.693. The van der Waals surface area contributed by atoms with E-state index in [1.165, 1.54) is 32.5 Å². The van der Waals surface area contributed by atoms with E-state index in [2.05, 4.69) is 37.6 Å². The highest BCUT2D eigenvalue weighted by Gasteiger charge is 2.22. The Kier molecular flexibility index (Phi) is 4.20. The Balaban J connectivity index is 2.32. The summed E-state index contributed by atoms with van der Waals surface area (Å²) >= 11 is 0. The van der Waals surface area contributed by atoms with Gasteiger partial charge >= 0.3 is 0 Å². The van der Waals surface area contributed by atoms with Gasteiger partial charge in [-0.2, -0.15) is 0 Å². The summed E-state index contributed by atoms with van der Waals surface area (Å²) in [4.78, 5) is 5.07. The van der Waals surface area contributed by atoms with Gasteiger partial charge in [-0.25, -0.2) is 0 Å². The molecule has 0 aliphatic carbocycles. The zero-order valence-corrected chi connectivity index (χ0v) is 9.58. The lowest BCUT2D eigenvalue weighted by atomic mass is 10.0. The van der Waals surface area contributed by atoms with E-state index in [1.807, 2.05) is 0 Å². The molecule has 0 bridgehead atoms. The van der Waals surface area contributed by atoms with E-state index in [1.54, 1.807) is 0 Å². The van der Waals surface area contributed by atoms with Gasteiger partial charge in [0.25, 0.3) is 0 Å². The maximum Gasteiger partial charge on any atom is 0.0119 e. The van der Waals surface area contributed by atoms with E-state index in [0.29, 0.717) is 6.04 Å². The van der Waals surface area contributed by atoms with Crippen LogP contribution in [0.25, 0.3) is 0 Å². The first-order valence-corrected chi connectivity index (χ1v) is 5.59. The van der Waals surface area contributed by atoms with Gasteiger partial charge in [0.1, 0.15) is 0 Å². The molecule has 78 valence electrons. The Morgan fingerprint density at radius 2 is 1.85 bits per heavy atom. The highest BCUT2D eigenvalue weighted by Crippen LogP contribution is 2.16. The molecule has 2 heteroatoms. The second-order valence-electron chi connectivity index (χ2n) is 4.42. The van der Waals surface area contributed by atoms with Crippen LogP contribution in [0.15, 0.2) is 0 Å². The van der Waals surface area contributed by atoms with E-state index < -0.39 is 0 Å². The van der Waals surface area contributed by atoms with E-state index in [4.69, 9.17) is 0 Å². The third-order valence-corrected chi connectivity index (χ3v) is 3.39. The Morgan fingerprint density at radius 3 is 2.23 bits per heavy atom. The highest BCUT2D eigenvalue weighted by molar-refractivity contribution is 4.79. The van der Waals surface area contributed by atoms with Gasteiger partial charge < -0.3 is 9.80 Å². The van der Waals surface area contributed by atoms with Crippen molar-refractivity contribution in [3.63, 3.8) is 0 Å². The first-order chi connectivity index (χ1) is 6.15. The fourth-order valence-electron chi connectivity index (χ4n) is 2.06. The van der Waals surface area contributed by atoms with E-state index in [0.717, 1.165) is 6.04 Å². The molecule has 0 N–H and O–H groups in total. The minimum Gasteiger partial charge on any atom is -0.303 e. The van der Waals surface area contributed by atoms with Crippen molar-refractivity contribution in [2.24, 2.45) is 0 Å². The minimum atomic E-state index is 0.693. The van der Waals surface area contributed by atoms with Crippen LogP contribution in [0, 0.1) is 0 Å². The van der Waals surface area contributed by atoms with Crippen LogP contribution in [0.5, 0.6) is 0 Å². The molecule has 0 aromatic heterocycles. The predicted molar refractivity (Wildman–Crippen MR) is 58.0 cm³/mol. The van der Waals surface area contributed by atoms with Crippen LogP contribution in [0.4, 0.5) is 0 Å². The third-order valence-electron chi connectivity index (χ3n) is 3.39. The summed E-state index contributed by atoms with van der Waals surface area (Å²) in [7, 11) is 2.26. The predicted octanol–water partition coefficient (Wildman–Crippen LogP) is 1.81. The molecule has 1 saturated heterocycles. The normalized spacial score (nSPS) is 21.7. The lowest BCUT2D eigenvalue weighted by molar-refractivity contribution is 0.110. The molecule has 0 unspecified atom stereocenters. The molecule has 1 aliphatic rings. The molecule has 1 rings (SSSR count). The Morgan fingerprint density at radius 1 is 1.31 bits per heavy atom. The molecule has 1 fully saturated rings. The standard InChI is InChI=1S/C11H24N2/c1-5-13-8-6-11(7-9-13)12(4)10(2)3/h10-11H,5-9H2,1-4H3. The Hall–Kier alpha value is -0.0800. The van der Waals surface area contributed by atoms with Crippen molar-refractivity contribution in [1.82, 2.24) is 9.80 Å². The van der Waals surface area contributed by atoms with Gasteiger partial charge in [0.05, 0.1) is 0 Å². The van der Waals surface area contributed by atoms with Crippen molar-refractivity contribution in [3.8, 4) is 0 Å². The van der Waals surface area contributed by atoms with Crippen LogP contribution >= 0.6 is 0 Å². The quantitative estimate of drug-likeness (QED) is 0.660. The lowest BCUT2D eigenvalue weighted by Crippen LogP contribution is -2.45. The Bertz CT molecular complexity index is 137. The van der Waals surface area contributed by atoms with Gasteiger partial charge in [-0.15, -0.1) is 0 Å². The van der Waals surface area contributed by atoms with Gasteiger partial charge in [-0.3, -0.25) is 0 Å². The SMILES string of the molecule is CCN1CCC(N(C)C(C)C)CC1. The molecule has 0 spiro atoms. The van der Waals surface area contributed by atoms with E-state index in [-0.39, 0.29) is 0 Å². The summed E-state index contributed by atoms with van der Waals surface area (Å²) in [5.41, 5.74) is 0. The molecule has 13 heavy (non-hydrogen) atoms. The molecule has 0 aromatic carbocycles. The van der Waals surface area contributed by atoms with Gasteiger partial charge in [0.2, 0.25) is 0 Å². The van der Waals surface area contributed by atoms with Gasteiger partial charge in [0, 0.05) is 12.1 Å². The van der Waals surface area contributed by atoms with Crippen molar-refractivity contribution in [1.29, 1.82) is 0 Å². The number of likely N-dealkylation sites (tertiary alicyclic amines) is 1. The summed E-state index contributed by atoms with van der Waals surface area (Å²) in [6.07, 6.45) is 2.70. The first kappa shape index (κ1) is 11.0. The van der Waals surface area contributed by atoms with Crippen LogP contribution in [-0.2, 0) is 0 Å². The van der Waals surface area contributed by atoms with E-state index >= 15 is 0 Å². The molecular formula is C11H24N2. The summed E-state index contributed by atoms with van der Waals surface area (Å²) in [5, 5.41) is 0. The number of hydrogen-bond donors (Lipinski definition) is 0. The van der Waals surface area contributed by atoms with Crippen molar-refractivity contribution in [2.45, 2.75) is 45.7 Å². The fourth-order valence-corrected chi connectivity index (χ4v) is 2.06. The van der Waals surface area contributed by atoms with Crippen LogP contribution in [-0.4, -0.2) is 48.6 Å². The maximum absolute atomic E-state index is 2.55. The summed E-state index contributed by atoms with van der Waals surface area (Å²) in [6.45, 7) is 10.6. The smallest absolute Gasteiger partial charge is 0.0119 e. The second kappa shape index (κ2) is 4.97. The monoisotopic (exact) mass is 184 g/mol. The highest BCUT2D eigenvalue weighted by atomic mass is 15.2. The van der Waals surface area contributed by atoms with Crippen molar-refractivity contribution in [3.05, 3.63) is 0 Å². The molecule has 0 amide bonds. The van der Waals surface area contributed by atoms with Gasteiger partial charge in [-0.05, 0) is 53.4 Å². The van der Waals surface area contributed by atoms with Gasteiger partial charge in [-0.1, -0.05) is 6.92 Å². The van der Waals surface area contributed by atoms with Gasteiger partial charge in [0.15, 0.2) is 0 Å². The average molecular weight is 184 g/mol. The molecule has 0 atom stereocenters. The molecule has 0 saturated carbocycles. The molecule has 2 nitrogen and oxygen atoms in total. The molecular weight excluding hydrogens is 160 g/mol. The van der Waals surface area contributed by atoms with Crippen LogP contribution in [0.3, 0.4) is 0 Å². The number of hydrogen-bond acceptors (Lipinski definition) is 2. The average Bonchev–Trinajstić information content (AvgIpc) is 2.17. The summed E-state index contributed by atoms with van der Waals surface area (Å²) in [6, 6.07) is 1.51. The summed E-state index contributed by atoms with van der Waals surface area (Å²) in [5.74, 6) is 0. The molecule has 1 heterocycles. The molecule has 1 aliphatic heterocycles. The second-order valence-corrected chi connectivity index (χ2v) is 4.42. The zero-order chi connectivity index (χ0) is 9.84. The van der Waals surface area contributed by atoms with Crippen molar-refractivity contribution in [2.75, 3.05) is 26.7 Å². The number of rotatable bonds is 3. The van der Waals surface area contributed by atoms with Crippen molar-refractivity contribution >= 4 is 0 Å². The molecule has 0 radical (unpaired) electrons. The third kappa shape index (κ3) is 2.96. The largest absolute Gasteiger partial charge is 0.303 e. The van der Waals surface area contributed by atoms with Crippen LogP contribution < -0.4 is 0 Å². The first-order valence-electron chi connectivity index (χ1n) is 5.59. The summed E-state index contributed by atoms with van der Waals surface area (Å²) < 4.78 is 0. The Labute approximate surface area is 82.9 Å². The van der Waals surface area contributed by atoms with Crippen molar-refractivity contribution < 1.29 is 0 Å². The van der Waals surface area contributed by atoms with E-state index in [9.17, 15) is 0 Å². The maximum atomic E-state index is 2.55. The topological polar surface area (TPSA) is 6.48 Å². The lowest BCUT2D eigenvalue weighted by Gasteiger charge is -2.38. The zero-order valence-electron chi connectivity index (χ0n) is 9.58. The molecule has 0 aromatic rings. The van der Waals surface area contributed by atoms with Crippen LogP contribution in [0.2, 0.25) is 0 Å².